The highest BCUT2D eigenvalue weighted by Crippen LogP contribution is 2.24. The standard InChI is InChI=1S/C32H40N2O3/c1-23(2)33-31(36)29(20-25-12-8-7-9-13-25)34(21-26-14-10-11-24(3)19-26)30(35)22-37-28-17-15-27(16-18-28)32(4,5)6/h7-19,23,29H,20-22H2,1-6H3,(H,33,36)/t29-/m0/s1. The molecule has 2 amide bonds. The fourth-order valence-corrected chi connectivity index (χ4v) is 4.22. The van der Waals surface area contributed by atoms with Gasteiger partial charge in [-0.3, -0.25) is 9.59 Å². The monoisotopic (exact) mass is 500 g/mol. The van der Waals surface area contributed by atoms with E-state index in [-0.39, 0.29) is 29.9 Å². The van der Waals surface area contributed by atoms with E-state index in [0.29, 0.717) is 18.7 Å². The topological polar surface area (TPSA) is 58.6 Å². The van der Waals surface area contributed by atoms with Crippen molar-refractivity contribution in [3.63, 3.8) is 0 Å². The molecular formula is C32H40N2O3. The molecule has 0 unspecified atom stereocenters. The first-order chi connectivity index (χ1) is 17.5. The van der Waals surface area contributed by atoms with E-state index >= 15 is 0 Å². The summed E-state index contributed by atoms with van der Waals surface area (Å²) in [5, 5.41) is 3.02. The number of nitrogens with zero attached hydrogens (tertiary/aromatic N) is 1. The molecule has 0 saturated carbocycles. The lowest BCUT2D eigenvalue weighted by Gasteiger charge is -2.32. The molecule has 0 saturated heterocycles. The number of ether oxygens (including phenoxy) is 1. The maximum atomic E-state index is 13.7. The first-order valence-corrected chi connectivity index (χ1v) is 13.0. The second-order valence-electron chi connectivity index (χ2n) is 10.9. The Labute approximate surface area is 221 Å². The number of rotatable bonds is 10. The van der Waals surface area contributed by atoms with E-state index in [1.807, 2.05) is 99.6 Å². The lowest BCUT2D eigenvalue weighted by molar-refractivity contribution is -0.143. The molecule has 1 atom stereocenters. The Morgan fingerprint density at radius 3 is 2.14 bits per heavy atom. The van der Waals surface area contributed by atoms with Gasteiger partial charge in [0.2, 0.25) is 5.91 Å². The fraction of sp³-hybridized carbons (Fsp3) is 0.375. The largest absolute Gasteiger partial charge is 0.484 e. The van der Waals surface area contributed by atoms with Crippen molar-refractivity contribution in [2.45, 2.75) is 72.0 Å². The third-order valence-corrected chi connectivity index (χ3v) is 6.22. The zero-order valence-electron chi connectivity index (χ0n) is 23.0. The summed E-state index contributed by atoms with van der Waals surface area (Å²) in [4.78, 5) is 28.8. The van der Waals surface area contributed by atoms with E-state index in [0.717, 1.165) is 16.7 Å². The average Bonchev–Trinajstić information content (AvgIpc) is 2.84. The van der Waals surface area contributed by atoms with Crippen LogP contribution in [0.2, 0.25) is 0 Å². The van der Waals surface area contributed by atoms with Crippen LogP contribution in [-0.2, 0) is 28.0 Å². The van der Waals surface area contributed by atoms with Crippen LogP contribution in [0.1, 0.15) is 56.9 Å². The van der Waals surface area contributed by atoms with E-state index in [4.69, 9.17) is 4.74 Å². The molecule has 1 N–H and O–H groups in total. The van der Waals surface area contributed by atoms with Gasteiger partial charge in [-0.25, -0.2) is 0 Å². The van der Waals surface area contributed by atoms with Crippen LogP contribution in [0.3, 0.4) is 0 Å². The summed E-state index contributed by atoms with van der Waals surface area (Å²) in [5.41, 5.74) is 4.30. The highest BCUT2D eigenvalue weighted by atomic mass is 16.5. The van der Waals surface area contributed by atoms with Crippen LogP contribution in [-0.4, -0.2) is 35.4 Å². The van der Waals surface area contributed by atoms with Crippen LogP contribution in [0.5, 0.6) is 5.75 Å². The second-order valence-corrected chi connectivity index (χ2v) is 10.9. The molecule has 196 valence electrons. The van der Waals surface area contributed by atoms with E-state index < -0.39 is 6.04 Å². The third-order valence-electron chi connectivity index (χ3n) is 6.22. The van der Waals surface area contributed by atoms with Gasteiger partial charge in [0.25, 0.3) is 5.91 Å². The quantitative estimate of drug-likeness (QED) is 0.381. The summed E-state index contributed by atoms with van der Waals surface area (Å²) < 4.78 is 5.92. The first kappa shape index (κ1) is 28.0. The van der Waals surface area contributed by atoms with Gasteiger partial charge in [0.15, 0.2) is 6.61 Å². The van der Waals surface area contributed by atoms with E-state index in [1.165, 1.54) is 5.56 Å². The van der Waals surface area contributed by atoms with Crippen molar-refractivity contribution in [3.8, 4) is 5.75 Å². The molecule has 3 rings (SSSR count). The van der Waals surface area contributed by atoms with Gasteiger partial charge < -0.3 is 15.0 Å². The number of hydrogen-bond acceptors (Lipinski definition) is 3. The van der Waals surface area contributed by atoms with Crippen molar-refractivity contribution in [1.29, 1.82) is 0 Å². The number of carbonyl (C=O) groups is 2. The molecule has 0 aliphatic rings. The minimum atomic E-state index is -0.676. The summed E-state index contributed by atoms with van der Waals surface area (Å²) in [6, 6.07) is 25.0. The van der Waals surface area contributed by atoms with Gasteiger partial charge in [-0.1, -0.05) is 93.1 Å². The van der Waals surface area contributed by atoms with Crippen LogP contribution in [0.4, 0.5) is 0 Å². The molecule has 0 aliphatic heterocycles. The van der Waals surface area contributed by atoms with Gasteiger partial charge in [-0.2, -0.15) is 0 Å². The summed E-state index contributed by atoms with van der Waals surface area (Å²) in [6.45, 7) is 12.5. The smallest absolute Gasteiger partial charge is 0.261 e. The molecule has 0 heterocycles. The van der Waals surface area contributed by atoms with Gasteiger partial charge in [0, 0.05) is 19.0 Å². The zero-order valence-corrected chi connectivity index (χ0v) is 23.0. The molecular weight excluding hydrogens is 460 g/mol. The number of amides is 2. The second kappa shape index (κ2) is 12.6. The molecule has 0 bridgehead atoms. The van der Waals surface area contributed by atoms with Crippen molar-refractivity contribution in [3.05, 3.63) is 101 Å². The zero-order chi connectivity index (χ0) is 27.0. The number of hydrogen-bond donors (Lipinski definition) is 1. The molecule has 3 aromatic carbocycles. The highest BCUT2D eigenvalue weighted by molar-refractivity contribution is 5.88. The van der Waals surface area contributed by atoms with E-state index in [9.17, 15) is 9.59 Å². The molecule has 3 aromatic rings. The number of carbonyl (C=O) groups excluding carboxylic acids is 2. The molecule has 5 heteroatoms. The Morgan fingerprint density at radius 1 is 0.892 bits per heavy atom. The number of nitrogens with one attached hydrogen (secondary N) is 1. The van der Waals surface area contributed by atoms with Crippen LogP contribution >= 0.6 is 0 Å². The third kappa shape index (κ3) is 8.49. The van der Waals surface area contributed by atoms with Crippen LogP contribution in [0.25, 0.3) is 0 Å². The Morgan fingerprint density at radius 2 is 1.54 bits per heavy atom. The van der Waals surface area contributed by atoms with Crippen molar-refractivity contribution >= 4 is 11.8 Å². The maximum Gasteiger partial charge on any atom is 0.261 e. The maximum absolute atomic E-state index is 13.7. The molecule has 0 aliphatic carbocycles. The lowest BCUT2D eigenvalue weighted by Crippen LogP contribution is -2.52. The summed E-state index contributed by atoms with van der Waals surface area (Å²) >= 11 is 0. The average molecular weight is 501 g/mol. The molecule has 0 aromatic heterocycles. The molecule has 0 fully saturated rings. The first-order valence-electron chi connectivity index (χ1n) is 13.0. The number of benzene rings is 3. The van der Waals surface area contributed by atoms with Crippen molar-refractivity contribution < 1.29 is 14.3 Å². The van der Waals surface area contributed by atoms with Gasteiger partial charge >= 0.3 is 0 Å². The van der Waals surface area contributed by atoms with E-state index in [2.05, 4.69) is 26.1 Å². The Balaban J connectivity index is 1.88. The normalized spacial score (nSPS) is 12.2. The fourth-order valence-electron chi connectivity index (χ4n) is 4.22. The Bertz CT molecular complexity index is 1160. The predicted octanol–water partition coefficient (Wildman–Crippen LogP) is 5.84. The van der Waals surface area contributed by atoms with Crippen molar-refractivity contribution in [2.24, 2.45) is 0 Å². The minimum Gasteiger partial charge on any atom is -0.484 e. The molecule has 37 heavy (non-hydrogen) atoms. The van der Waals surface area contributed by atoms with Gasteiger partial charge in [-0.15, -0.1) is 0 Å². The highest BCUT2D eigenvalue weighted by Gasteiger charge is 2.31. The Hall–Kier alpha value is -3.60. The summed E-state index contributed by atoms with van der Waals surface area (Å²) in [6.07, 6.45) is 0.414. The lowest BCUT2D eigenvalue weighted by atomic mass is 9.87. The van der Waals surface area contributed by atoms with Crippen LogP contribution in [0, 0.1) is 6.92 Å². The van der Waals surface area contributed by atoms with Gasteiger partial charge in [0.05, 0.1) is 0 Å². The molecule has 5 nitrogen and oxygen atoms in total. The minimum absolute atomic E-state index is 0.0351. The SMILES string of the molecule is Cc1cccc(CN(C(=O)COc2ccc(C(C)(C)C)cc2)[C@@H](Cc2ccccc2)C(=O)NC(C)C)c1. The van der Waals surface area contributed by atoms with Crippen LogP contribution < -0.4 is 10.1 Å². The van der Waals surface area contributed by atoms with Crippen molar-refractivity contribution in [2.75, 3.05) is 6.61 Å². The van der Waals surface area contributed by atoms with Crippen molar-refractivity contribution in [1.82, 2.24) is 10.2 Å². The summed E-state index contributed by atoms with van der Waals surface area (Å²) in [5.74, 6) is 0.221. The molecule has 0 radical (unpaired) electrons. The summed E-state index contributed by atoms with van der Waals surface area (Å²) in [7, 11) is 0. The predicted molar refractivity (Wildman–Crippen MR) is 150 cm³/mol. The Kier molecular flexibility index (Phi) is 9.51. The van der Waals surface area contributed by atoms with Crippen LogP contribution in [0.15, 0.2) is 78.9 Å². The van der Waals surface area contributed by atoms with E-state index in [1.54, 1.807) is 4.90 Å². The van der Waals surface area contributed by atoms with Gasteiger partial charge in [0.1, 0.15) is 11.8 Å². The number of aryl methyl sites for hydroxylation is 1. The van der Waals surface area contributed by atoms with Gasteiger partial charge in [-0.05, 0) is 55.0 Å². The molecule has 0 spiro atoms.